The van der Waals surface area contributed by atoms with Crippen LogP contribution in [-0.2, 0) is 11.2 Å². The normalized spacial score (nSPS) is 17.5. The van der Waals surface area contributed by atoms with Crippen molar-refractivity contribution in [1.29, 1.82) is 0 Å². The lowest BCUT2D eigenvalue weighted by atomic mass is 10.1. The molecule has 0 radical (unpaired) electrons. The topological polar surface area (TPSA) is 63.4 Å². The molecule has 3 heterocycles. The molecule has 0 bridgehead atoms. The van der Waals surface area contributed by atoms with Crippen LogP contribution >= 0.6 is 0 Å². The van der Waals surface area contributed by atoms with Crippen LogP contribution in [0.4, 0.5) is 4.39 Å². The molecular formula is C17H16FN5O. The van der Waals surface area contributed by atoms with Gasteiger partial charge in [-0.3, -0.25) is 4.79 Å². The molecule has 1 amide bonds. The van der Waals surface area contributed by atoms with E-state index in [0.717, 1.165) is 24.1 Å². The van der Waals surface area contributed by atoms with Gasteiger partial charge in [0.2, 0.25) is 5.91 Å². The lowest BCUT2D eigenvalue weighted by Crippen LogP contribution is -2.32. The first-order valence-corrected chi connectivity index (χ1v) is 7.91. The molecular weight excluding hydrogens is 309 g/mol. The molecule has 1 fully saturated rings. The zero-order valence-corrected chi connectivity index (χ0v) is 13.0. The third kappa shape index (κ3) is 2.62. The third-order valence-electron chi connectivity index (χ3n) is 4.39. The molecule has 1 aliphatic rings. The monoisotopic (exact) mass is 325 g/mol. The van der Waals surface area contributed by atoms with Crippen LogP contribution in [0.5, 0.6) is 0 Å². The van der Waals surface area contributed by atoms with Crippen molar-refractivity contribution in [1.82, 2.24) is 24.5 Å². The van der Waals surface area contributed by atoms with Crippen molar-refractivity contribution in [2.24, 2.45) is 0 Å². The number of rotatable bonds is 3. The van der Waals surface area contributed by atoms with E-state index in [9.17, 15) is 9.18 Å². The van der Waals surface area contributed by atoms with E-state index in [-0.39, 0.29) is 24.2 Å². The largest absolute Gasteiger partial charge is 0.334 e. The summed E-state index contributed by atoms with van der Waals surface area (Å²) in [6.45, 7) is 0.712. The average Bonchev–Trinajstić information content (AvgIpc) is 3.25. The van der Waals surface area contributed by atoms with Gasteiger partial charge in [-0.2, -0.15) is 14.6 Å². The Morgan fingerprint density at radius 2 is 2.04 bits per heavy atom. The van der Waals surface area contributed by atoms with Crippen LogP contribution in [0.25, 0.3) is 5.78 Å². The van der Waals surface area contributed by atoms with Gasteiger partial charge in [0.25, 0.3) is 5.78 Å². The van der Waals surface area contributed by atoms with Gasteiger partial charge < -0.3 is 4.90 Å². The van der Waals surface area contributed by atoms with E-state index in [1.54, 1.807) is 22.8 Å². The highest BCUT2D eigenvalue weighted by Gasteiger charge is 2.31. The van der Waals surface area contributed by atoms with Crippen LogP contribution < -0.4 is 0 Å². The summed E-state index contributed by atoms with van der Waals surface area (Å²) in [5.41, 5.74) is 1.73. The highest BCUT2D eigenvalue weighted by atomic mass is 19.1. The number of carbonyl (C=O) groups is 1. The van der Waals surface area contributed by atoms with Gasteiger partial charge >= 0.3 is 0 Å². The maximum Gasteiger partial charge on any atom is 0.252 e. The lowest BCUT2D eigenvalue weighted by molar-refractivity contribution is -0.131. The summed E-state index contributed by atoms with van der Waals surface area (Å²) in [5, 5.41) is 4.21. The smallest absolute Gasteiger partial charge is 0.252 e. The van der Waals surface area contributed by atoms with Crippen LogP contribution in [0.3, 0.4) is 0 Å². The summed E-state index contributed by atoms with van der Waals surface area (Å²) in [4.78, 5) is 22.9. The van der Waals surface area contributed by atoms with Gasteiger partial charge in [-0.15, -0.1) is 0 Å². The Morgan fingerprint density at radius 1 is 1.21 bits per heavy atom. The fourth-order valence-corrected chi connectivity index (χ4v) is 3.26. The number of aromatic nitrogens is 4. The number of carbonyl (C=O) groups excluding carboxylic acids is 1. The van der Waals surface area contributed by atoms with E-state index in [1.807, 2.05) is 11.0 Å². The van der Waals surface area contributed by atoms with E-state index < -0.39 is 0 Å². The zero-order valence-electron chi connectivity index (χ0n) is 13.0. The molecule has 6 nitrogen and oxygen atoms in total. The SMILES string of the molecule is O=C(Cc1ccc(F)cc1)N1CCCC1c1ccnc2ncnn12. The summed E-state index contributed by atoms with van der Waals surface area (Å²) < 4.78 is 14.7. The fourth-order valence-electron chi connectivity index (χ4n) is 3.26. The molecule has 1 aromatic carbocycles. The molecule has 0 aliphatic carbocycles. The molecule has 122 valence electrons. The van der Waals surface area contributed by atoms with Crippen molar-refractivity contribution in [2.45, 2.75) is 25.3 Å². The Labute approximate surface area is 138 Å². The molecule has 1 unspecified atom stereocenters. The number of halogens is 1. The van der Waals surface area contributed by atoms with Gasteiger partial charge in [-0.25, -0.2) is 9.37 Å². The minimum atomic E-state index is -0.296. The summed E-state index contributed by atoms with van der Waals surface area (Å²) in [5.74, 6) is 0.273. The highest BCUT2D eigenvalue weighted by molar-refractivity contribution is 5.79. The Kier molecular flexibility index (Phi) is 3.68. The first-order valence-electron chi connectivity index (χ1n) is 7.91. The van der Waals surface area contributed by atoms with Crippen LogP contribution in [0.2, 0.25) is 0 Å². The molecule has 4 rings (SSSR count). The number of hydrogen-bond donors (Lipinski definition) is 0. The standard InChI is InChI=1S/C17H16FN5O/c18-13-5-3-12(4-6-13)10-16(24)22-9-1-2-14(22)15-7-8-19-17-20-11-21-23(15)17/h3-8,11,14H,1-2,9-10H2. The Balaban J connectivity index is 1.59. The third-order valence-corrected chi connectivity index (χ3v) is 4.39. The average molecular weight is 325 g/mol. The molecule has 1 atom stereocenters. The maximum atomic E-state index is 13.0. The van der Waals surface area contributed by atoms with Crippen LogP contribution in [0.1, 0.15) is 30.1 Å². The van der Waals surface area contributed by atoms with E-state index in [4.69, 9.17) is 0 Å². The van der Waals surface area contributed by atoms with Gasteiger partial charge in [-0.1, -0.05) is 12.1 Å². The molecule has 7 heteroatoms. The predicted octanol–water partition coefficient (Wildman–Crippen LogP) is 2.17. The lowest BCUT2D eigenvalue weighted by Gasteiger charge is -2.25. The summed E-state index contributed by atoms with van der Waals surface area (Å²) >= 11 is 0. The van der Waals surface area contributed by atoms with Crippen LogP contribution in [-0.4, -0.2) is 36.9 Å². The van der Waals surface area contributed by atoms with Crippen molar-refractivity contribution in [3.8, 4) is 0 Å². The van der Waals surface area contributed by atoms with E-state index in [2.05, 4.69) is 15.1 Å². The molecule has 1 aliphatic heterocycles. The minimum Gasteiger partial charge on any atom is -0.334 e. The molecule has 3 aromatic rings. The zero-order chi connectivity index (χ0) is 16.5. The molecule has 24 heavy (non-hydrogen) atoms. The van der Waals surface area contributed by atoms with Crippen molar-refractivity contribution in [3.05, 3.63) is 59.9 Å². The maximum absolute atomic E-state index is 13.0. The Morgan fingerprint density at radius 3 is 2.88 bits per heavy atom. The summed E-state index contributed by atoms with van der Waals surface area (Å²) in [6, 6.07) is 7.92. The Hall–Kier alpha value is -2.83. The van der Waals surface area contributed by atoms with Crippen LogP contribution in [0.15, 0.2) is 42.9 Å². The van der Waals surface area contributed by atoms with Gasteiger partial charge in [-0.05, 0) is 36.6 Å². The number of nitrogens with zero attached hydrogens (tertiary/aromatic N) is 5. The molecule has 2 aromatic heterocycles. The second-order valence-corrected chi connectivity index (χ2v) is 5.89. The van der Waals surface area contributed by atoms with Gasteiger partial charge in [0.05, 0.1) is 18.2 Å². The predicted molar refractivity (Wildman–Crippen MR) is 84.6 cm³/mol. The fraction of sp³-hybridized carbons (Fsp3) is 0.294. The van der Waals surface area contributed by atoms with Crippen molar-refractivity contribution >= 4 is 11.7 Å². The number of benzene rings is 1. The second kappa shape index (κ2) is 5.99. The minimum absolute atomic E-state index is 0.0363. The van der Waals surface area contributed by atoms with E-state index >= 15 is 0 Å². The van der Waals surface area contributed by atoms with E-state index in [1.165, 1.54) is 18.5 Å². The summed E-state index contributed by atoms with van der Waals surface area (Å²) in [6.07, 6.45) is 5.25. The van der Waals surface area contributed by atoms with Gasteiger partial charge in [0.1, 0.15) is 12.1 Å². The first kappa shape index (κ1) is 14.7. The quantitative estimate of drug-likeness (QED) is 0.740. The molecule has 0 saturated carbocycles. The van der Waals surface area contributed by atoms with Crippen LogP contribution in [0, 0.1) is 5.82 Å². The number of likely N-dealkylation sites (tertiary alicyclic amines) is 1. The van der Waals surface area contributed by atoms with E-state index in [0.29, 0.717) is 12.3 Å². The van der Waals surface area contributed by atoms with Crippen molar-refractivity contribution in [2.75, 3.05) is 6.54 Å². The Bertz CT molecular complexity index is 876. The van der Waals surface area contributed by atoms with Gasteiger partial charge in [0.15, 0.2) is 0 Å². The van der Waals surface area contributed by atoms with Crippen molar-refractivity contribution in [3.63, 3.8) is 0 Å². The number of hydrogen-bond acceptors (Lipinski definition) is 4. The van der Waals surface area contributed by atoms with Gasteiger partial charge in [0, 0.05) is 12.7 Å². The number of amides is 1. The molecule has 1 saturated heterocycles. The highest BCUT2D eigenvalue weighted by Crippen LogP contribution is 2.32. The van der Waals surface area contributed by atoms with Crippen molar-refractivity contribution < 1.29 is 9.18 Å². The summed E-state index contributed by atoms with van der Waals surface area (Å²) in [7, 11) is 0. The molecule has 0 N–H and O–H groups in total. The number of fused-ring (bicyclic) bond motifs is 1. The second-order valence-electron chi connectivity index (χ2n) is 5.89. The molecule has 0 spiro atoms. The first-order chi connectivity index (χ1) is 11.7.